The van der Waals surface area contributed by atoms with E-state index in [1.54, 1.807) is 12.1 Å². The number of benzene rings is 2. The van der Waals surface area contributed by atoms with Gasteiger partial charge in [0.2, 0.25) is 5.91 Å². The number of piperidine rings is 1. The smallest absolute Gasteiger partial charge is 0.249 e. The quantitative estimate of drug-likeness (QED) is 0.677. The number of likely N-dealkylation sites (tertiary alicyclic amines) is 1. The number of anilines is 2. The van der Waals surface area contributed by atoms with Crippen LogP contribution >= 0.6 is 12.4 Å². The monoisotopic (exact) mass is 446 g/mol. The molecule has 0 aliphatic carbocycles. The zero-order valence-electron chi connectivity index (χ0n) is 18.3. The highest BCUT2D eigenvalue weighted by Gasteiger charge is 2.52. The van der Waals surface area contributed by atoms with Crippen molar-refractivity contribution in [3.05, 3.63) is 59.9 Å². The molecule has 4 rings (SSSR count). The molecule has 2 saturated heterocycles. The third-order valence-electron chi connectivity index (χ3n) is 6.52. The minimum atomic E-state index is -0.407. The van der Waals surface area contributed by atoms with Crippen molar-refractivity contribution in [2.75, 3.05) is 50.1 Å². The second-order valence-electron chi connectivity index (χ2n) is 8.52. The molecule has 0 bridgehead atoms. The molecule has 0 unspecified atom stereocenters. The Kier molecular flexibility index (Phi) is 7.44. The fraction of sp³-hybridized carbons (Fsp3) is 0.458. The molecule has 0 radical (unpaired) electrons. The lowest BCUT2D eigenvalue weighted by Gasteiger charge is -2.43. The summed E-state index contributed by atoms with van der Waals surface area (Å²) in [5.74, 6) is 0.0522. The van der Waals surface area contributed by atoms with Crippen molar-refractivity contribution < 1.29 is 9.18 Å². The lowest BCUT2D eigenvalue weighted by atomic mass is 9.85. The van der Waals surface area contributed by atoms with Gasteiger partial charge in [-0.2, -0.15) is 0 Å². The third kappa shape index (κ3) is 4.80. The Labute approximate surface area is 190 Å². The minimum absolute atomic E-state index is 0. The largest absolute Gasteiger partial charge is 0.385 e. The molecule has 2 aromatic rings. The number of para-hydroxylation sites is 1. The number of rotatable bonds is 6. The van der Waals surface area contributed by atoms with Gasteiger partial charge in [0.25, 0.3) is 0 Å². The van der Waals surface area contributed by atoms with Gasteiger partial charge in [-0.15, -0.1) is 12.4 Å². The number of likely N-dealkylation sites (N-methyl/N-ethyl adjacent to an activating group) is 1. The number of halogens is 2. The topological polar surface area (TPSA) is 38.8 Å². The Morgan fingerprint density at radius 3 is 2.48 bits per heavy atom. The molecule has 1 N–H and O–H groups in total. The Hall–Kier alpha value is -2.31. The van der Waals surface area contributed by atoms with Gasteiger partial charge in [-0.1, -0.05) is 18.2 Å². The predicted molar refractivity (Wildman–Crippen MR) is 126 cm³/mol. The average molecular weight is 447 g/mol. The van der Waals surface area contributed by atoms with Crippen LogP contribution in [0.5, 0.6) is 0 Å². The van der Waals surface area contributed by atoms with Crippen LogP contribution < -0.4 is 10.2 Å². The molecule has 2 heterocycles. The first-order valence-corrected chi connectivity index (χ1v) is 10.8. The van der Waals surface area contributed by atoms with E-state index in [4.69, 9.17) is 0 Å². The molecule has 0 atom stereocenters. The van der Waals surface area contributed by atoms with E-state index in [1.807, 2.05) is 37.1 Å². The van der Waals surface area contributed by atoms with Gasteiger partial charge in [-0.05, 0) is 68.6 Å². The molecule has 1 spiro atoms. The van der Waals surface area contributed by atoms with Gasteiger partial charge < -0.3 is 20.0 Å². The molecule has 2 aromatic carbocycles. The van der Waals surface area contributed by atoms with Crippen LogP contribution in [0.3, 0.4) is 0 Å². The van der Waals surface area contributed by atoms with Gasteiger partial charge in [-0.25, -0.2) is 4.39 Å². The number of carbonyl (C=O) groups excluding carboxylic acids is 1. The maximum atomic E-state index is 13.2. The van der Waals surface area contributed by atoms with Crippen molar-refractivity contribution in [2.45, 2.75) is 31.7 Å². The summed E-state index contributed by atoms with van der Waals surface area (Å²) in [6.45, 7) is 6.29. The van der Waals surface area contributed by atoms with E-state index < -0.39 is 5.54 Å². The summed E-state index contributed by atoms with van der Waals surface area (Å²) in [7, 11) is 1.91. The van der Waals surface area contributed by atoms with Crippen LogP contribution in [0, 0.1) is 12.7 Å². The van der Waals surface area contributed by atoms with Crippen LogP contribution in [-0.2, 0) is 4.79 Å². The zero-order chi connectivity index (χ0) is 21.1. The summed E-state index contributed by atoms with van der Waals surface area (Å²) in [5.41, 5.74) is 2.64. The van der Waals surface area contributed by atoms with E-state index in [-0.39, 0.29) is 24.1 Å². The first-order valence-electron chi connectivity index (χ1n) is 10.8. The van der Waals surface area contributed by atoms with Gasteiger partial charge in [0.1, 0.15) is 11.4 Å². The van der Waals surface area contributed by atoms with E-state index in [0.29, 0.717) is 6.67 Å². The fourth-order valence-corrected chi connectivity index (χ4v) is 4.80. The van der Waals surface area contributed by atoms with E-state index in [1.165, 1.54) is 6.07 Å². The molecule has 1 amide bonds. The summed E-state index contributed by atoms with van der Waals surface area (Å²) >= 11 is 0. The molecule has 2 fully saturated rings. The number of carbonyl (C=O) groups is 1. The Bertz CT molecular complexity index is 886. The molecule has 2 aliphatic heterocycles. The SMILES string of the molecule is Cc1cc(F)ccc1NCCCN1CCC2(CC1)C(=O)N(C)CN2c1ccccc1.Cl. The molecule has 0 saturated carbocycles. The summed E-state index contributed by atoms with van der Waals surface area (Å²) in [5, 5.41) is 3.41. The van der Waals surface area contributed by atoms with Gasteiger partial charge in [-0.3, -0.25) is 4.79 Å². The predicted octanol–water partition coefficient (Wildman–Crippen LogP) is 4.13. The normalized spacial score (nSPS) is 18.4. The molecule has 7 heteroatoms. The molecule has 5 nitrogen and oxygen atoms in total. The zero-order valence-corrected chi connectivity index (χ0v) is 19.1. The van der Waals surface area contributed by atoms with Crippen LogP contribution in [0.1, 0.15) is 24.8 Å². The van der Waals surface area contributed by atoms with Crippen LogP contribution in [0.2, 0.25) is 0 Å². The van der Waals surface area contributed by atoms with E-state index in [0.717, 1.165) is 62.4 Å². The maximum Gasteiger partial charge on any atom is 0.249 e. The van der Waals surface area contributed by atoms with Crippen molar-refractivity contribution in [2.24, 2.45) is 0 Å². The standard InChI is InChI=1S/C24H31FN4O.ClH/c1-19-17-20(25)9-10-22(19)26-13-6-14-28-15-11-24(12-16-28)23(30)27(2)18-29(24)21-7-4-3-5-8-21;/h3-5,7-10,17,26H,6,11-16,18H2,1-2H3;1H. The highest BCUT2D eigenvalue weighted by atomic mass is 35.5. The van der Waals surface area contributed by atoms with Crippen molar-refractivity contribution >= 4 is 29.7 Å². The fourth-order valence-electron chi connectivity index (χ4n) is 4.80. The van der Waals surface area contributed by atoms with Crippen molar-refractivity contribution in [1.29, 1.82) is 0 Å². The molecule has 31 heavy (non-hydrogen) atoms. The van der Waals surface area contributed by atoms with Crippen LogP contribution in [0.15, 0.2) is 48.5 Å². The molecule has 2 aliphatic rings. The maximum absolute atomic E-state index is 13.2. The second-order valence-corrected chi connectivity index (χ2v) is 8.52. The van der Waals surface area contributed by atoms with Gasteiger partial charge >= 0.3 is 0 Å². The lowest BCUT2D eigenvalue weighted by molar-refractivity contribution is -0.132. The molecule has 168 valence electrons. The van der Waals surface area contributed by atoms with E-state index in [2.05, 4.69) is 27.2 Å². The second kappa shape index (κ2) is 9.88. The number of nitrogens with zero attached hydrogens (tertiary/aromatic N) is 3. The number of nitrogens with one attached hydrogen (secondary N) is 1. The lowest BCUT2D eigenvalue weighted by Crippen LogP contribution is -2.56. The Morgan fingerprint density at radius 2 is 1.81 bits per heavy atom. The summed E-state index contributed by atoms with van der Waals surface area (Å²) in [4.78, 5) is 19.7. The van der Waals surface area contributed by atoms with E-state index >= 15 is 0 Å². The van der Waals surface area contributed by atoms with E-state index in [9.17, 15) is 9.18 Å². The molecular formula is C24H32ClFN4O. The first-order chi connectivity index (χ1) is 14.5. The van der Waals surface area contributed by atoms with Crippen LogP contribution in [-0.4, -0.2) is 61.1 Å². The van der Waals surface area contributed by atoms with Gasteiger partial charge in [0.15, 0.2) is 0 Å². The summed E-state index contributed by atoms with van der Waals surface area (Å²) in [6, 6.07) is 15.1. The Morgan fingerprint density at radius 1 is 1.10 bits per heavy atom. The van der Waals surface area contributed by atoms with Crippen LogP contribution in [0.25, 0.3) is 0 Å². The van der Waals surface area contributed by atoms with Crippen LogP contribution in [0.4, 0.5) is 15.8 Å². The highest BCUT2D eigenvalue weighted by molar-refractivity contribution is 5.93. The Balaban J connectivity index is 0.00000272. The third-order valence-corrected chi connectivity index (χ3v) is 6.52. The number of hydrogen-bond acceptors (Lipinski definition) is 4. The number of hydrogen-bond donors (Lipinski definition) is 1. The van der Waals surface area contributed by atoms with Crippen molar-refractivity contribution in [1.82, 2.24) is 9.80 Å². The van der Waals surface area contributed by atoms with Crippen molar-refractivity contribution in [3.63, 3.8) is 0 Å². The van der Waals surface area contributed by atoms with Gasteiger partial charge in [0.05, 0.1) is 6.67 Å². The summed E-state index contributed by atoms with van der Waals surface area (Å²) < 4.78 is 13.2. The number of amides is 1. The first kappa shape index (κ1) is 23.4. The molecular weight excluding hydrogens is 415 g/mol. The highest BCUT2D eigenvalue weighted by Crippen LogP contribution is 2.38. The average Bonchev–Trinajstić information content (AvgIpc) is 2.99. The van der Waals surface area contributed by atoms with Crippen molar-refractivity contribution in [3.8, 4) is 0 Å². The summed E-state index contributed by atoms with van der Waals surface area (Å²) in [6.07, 6.45) is 2.73. The van der Waals surface area contributed by atoms with Gasteiger partial charge in [0, 0.05) is 38.1 Å². The molecule has 0 aromatic heterocycles. The number of aryl methyl sites for hydroxylation is 1. The minimum Gasteiger partial charge on any atom is -0.385 e.